The quantitative estimate of drug-likeness (QED) is 0.748. The Bertz CT molecular complexity index is 373. The van der Waals surface area contributed by atoms with Gasteiger partial charge in [-0.2, -0.15) is 0 Å². The first-order chi connectivity index (χ1) is 7.08. The molecule has 2 N–H and O–H groups in total. The van der Waals surface area contributed by atoms with E-state index < -0.39 is 0 Å². The average molecular weight is 206 g/mol. The van der Waals surface area contributed by atoms with E-state index in [4.69, 9.17) is 5.73 Å². The van der Waals surface area contributed by atoms with Crippen LogP contribution in [0.1, 0.15) is 30.9 Å². The van der Waals surface area contributed by atoms with E-state index in [0.29, 0.717) is 11.9 Å². The fourth-order valence-electron chi connectivity index (χ4n) is 2.03. The van der Waals surface area contributed by atoms with Gasteiger partial charge in [0.15, 0.2) is 0 Å². The minimum Gasteiger partial charge on any atom is -0.383 e. The van der Waals surface area contributed by atoms with Gasteiger partial charge in [-0.05, 0) is 20.8 Å². The van der Waals surface area contributed by atoms with E-state index in [-0.39, 0.29) is 0 Å². The molecular formula is C11H18N4. The van der Waals surface area contributed by atoms with Crippen molar-refractivity contribution in [2.75, 3.05) is 12.3 Å². The van der Waals surface area contributed by atoms with Gasteiger partial charge in [0.1, 0.15) is 11.6 Å². The monoisotopic (exact) mass is 206 g/mol. The maximum Gasteiger partial charge on any atom is 0.131 e. The number of anilines is 1. The molecule has 4 heteroatoms. The molecule has 15 heavy (non-hydrogen) atoms. The summed E-state index contributed by atoms with van der Waals surface area (Å²) in [5.74, 6) is 1.44. The van der Waals surface area contributed by atoms with E-state index in [1.54, 1.807) is 0 Å². The van der Waals surface area contributed by atoms with Crippen LogP contribution in [0.4, 0.5) is 5.82 Å². The summed E-state index contributed by atoms with van der Waals surface area (Å²) in [7, 11) is 0. The van der Waals surface area contributed by atoms with E-state index >= 15 is 0 Å². The maximum absolute atomic E-state index is 5.93. The molecule has 1 aliphatic heterocycles. The molecule has 2 heterocycles. The van der Waals surface area contributed by atoms with Gasteiger partial charge in [-0.1, -0.05) is 0 Å². The largest absolute Gasteiger partial charge is 0.383 e. The van der Waals surface area contributed by atoms with Crippen molar-refractivity contribution < 1.29 is 0 Å². The van der Waals surface area contributed by atoms with Gasteiger partial charge in [0, 0.05) is 31.1 Å². The number of hydrogen-bond acceptors (Lipinski definition) is 4. The number of nitrogens with two attached hydrogens (primary N) is 1. The second-order valence-corrected chi connectivity index (χ2v) is 4.40. The number of aryl methyl sites for hydroxylation is 1. The molecule has 0 aliphatic carbocycles. The minimum atomic E-state index is 0.554. The van der Waals surface area contributed by atoms with Crippen LogP contribution in [0, 0.1) is 6.92 Å². The zero-order valence-electron chi connectivity index (χ0n) is 9.62. The van der Waals surface area contributed by atoms with Crippen LogP contribution >= 0.6 is 0 Å². The van der Waals surface area contributed by atoms with Gasteiger partial charge in [0.25, 0.3) is 0 Å². The SMILES string of the molecule is Cc1nc(N)c2c(n1)CCN(C(C)C)C2. The molecule has 0 saturated heterocycles. The van der Waals surface area contributed by atoms with Crippen molar-refractivity contribution in [1.82, 2.24) is 14.9 Å². The lowest BCUT2D eigenvalue weighted by atomic mass is 10.0. The summed E-state index contributed by atoms with van der Waals surface area (Å²) in [5.41, 5.74) is 8.19. The lowest BCUT2D eigenvalue weighted by molar-refractivity contribution is 0.202. The molecule has 4 nitrogen and oxygen atoms in total. The Labute approximate surface area is 90.5 Å². The Hall–Kier alpha value is -1.16. The van der Waals surface area contributed by atoms with Gasteiger partial charge in [0.2, 0.25) is 0 Å². The summed E-state index contributed by atoms with van der Waals surface area (Å²) < 4.78 is 0. The third-order valence-electron chi connectivity index (χ3n) is 2.96. The van der Waals surface area contributed by atoms with Crippen LogP contribution in [-0.2, 0) is 13.0 Å². The zero-order chi connectivity index (χ0) is 11.0. The van der Waals surface area contributed by atoms with Crippen molar-refractivity contribution in [1.29, 1.82) is 0 Å². The summed E-state index contributed by atoms with van der Waals surface area (Å²) in [6.45, 7) is 8.26. The van der Waals surface area contributed by atoms with Crippen LogP contribution < -0.4 is 5.73 Å². The summed E-state index contributed by atoms with van der Waals surface area (Å²) >= 11 is 0. The number of nitrogens with zero attached hydrogens (tertiary/aromatic N) is 3. The lowest BCUT2D eigenvalue weighted by Gasteiger charge is -2.31. The highest BCUT2D eigenvalue weighted by molar-refractivity contribution is 5.43. The van der Waals surface area contributed by atoms with Gasteiger partial charge >= 0.3 is 0 Å². The highest BCUT2D eigenvalue weighted by Gasteiger charge is 2.22. The molecule has 0 bridgehead atoms. The molecule has 0 amide bonds. The number of fused-ring (bicyclic) bond motifs is 1. The van der Waals surface area contributed by atoms with E-state index in [0.717, 1.165) is 36.6 Å². The smallest absolute Gasteiger partial charge is 0.131 e. The molecule has 82 valence electrons. The standard InChI is InChI=1S/C11H18N4/c1-7(2)15-5-4-10-9(6-15)11(12)14-8(3)13-10/h7H,4-6H2,1-3H3,(H2,12,13,14). The second kappa shape index (κ2) is 3.77. The Balaban J connectivity index is 2.33. The molecule has 0 radical (unpaired) electrons. The van der Waals surface area contributed by atoms with Crippen molar-refractivity contribution in [3.63, 3.8) is 0 Å². The van der Waals surface area contributed by atoms with Crippen molar-refractivity contribution >= 4 is 5.82 Å². The van der Waals surface area contributed by atoms with Crippen LogP contribution in [0.5, 0.6) is 0 Å². The Morgan fingerprint density at radius 3 is 2.73 bits per heavy atom. The zero-order valence-corrected chi connectivity index (χ0v) is 9.62. The fraction of sp³-hybridized carbons (Fsp3) is 0.636. The first-order valence-corrected chi connectivity index (χ1v) is 5.44. The van der Waals surface area contributed by atoms with E-state index in [9.17, 15) is 0 Å². The molecule has 0 atom stereocenters. The summed E-state index contributed by atoms with van der Waals surface area (Å²) in [4.78, 5) is 11.1. The summed E-state index contributed by atoms with van der Waals surface area (Å²) in [5, 5.41) is 0. The molecule has 0 fully saturated rings. The molecule has 1 aromatic heterocycles. The summed E-state index contributed by atoms with van der Waals surface area (Å²) in [6.07, 6.45) is 0.987. The van der Waals surface area contributed by atoms with Gasteiger partial charge < -0.3 is 5.73 Å². The van der Waals surface area contributed by atoms with Crippen LogP contribution in [0.3, 0.4) is 0 Å². The molecule has 0 spiro atoms. The van der Waals surface area contributed by atoms with Gasteiger partial charge in [-0.15, -0.1) is 0 Å². The molecule has 0 aromatic carbocycles. The summed E-state index contributed by atoms with van der Waals surface area (Å²) in [6, 6.07) is 0.554. The van der Waals surface area contributed by atoms with E-state index in [2.05, 4.69) is 28.7 Å². The maximum atomic E-state index is 5.93. The predicted molar refractivity (Wildman–Crippen MR) is 60.4 cm³/mol. The van der Waals surface area contributed by atoms with Crippen molar-refractivity contribution in [2.45, 2.75) is 39.8 Å². The fourth-order valence-corrected chi connectivity index (χ4v) is 2.03. The molecule has 0 saturated carbocycles. The topological polar surface area (TPSA) is 55.0 Å². The van der Waals surface area contributed by atoms with Gasteiger partial charge in [-0.25, -0.2) is 9.97 Å². The van der Waals surface area contributed by atoms with Crippen molar-refractivity contribution in [3.05, 3.63) is 17.1 Å². The van der Waals surface area contributed by atoms with Gasteiger partial charge in [-0.3, -0.25) is 4.90 Å². The third kappa shape index (κ3) is 1.95. The predicted octanol–water partition coefficient (Wildman–Crippen LogP) is 1.13. The number of rotatable bonds is 1. The first kappa shape index (κ1) is 10.4. The third-order valence-corrected chi connectivity index (χ3v) is 2.96. The molecule has 1 aliphatic rings. The van der Waals surface area contributed by atoms with Crippen LogP contribution in [-0.4, -0.2) is 27.5 Å². The van der Waals surface area contributed by atoms with Crippen molar-refractivity contribution in [3.8, 4) is 0 Å². The molecule has 2 rings (SSSR count). The Morgan fingerprint density at radius 2 is 2.07 bits per heavy atom. The minimum absolute atomic E-state index is 0.554. The van der Waals surface area contributed by atoms with Crippen LogP contribution in [0.15, 0.2) is 0 Å². The second-order valence-electron chi connectivity index (χ2n) is 4.40. The highest BCUT2D eigenvalue weighted by atomic mass is 15.2. The van der Waals surface area contributed by atoms with Crippen LogP contribution in [0.25, 0.3) is 0 Å². The van der Waals surface area contributed by atoms with Gasteiger partial charge in [0.05, 0.1) is 5.69 Å². The highest BCUT2D eigenvalue weighted by Crippen LogP contribution is 2.22. The van der Waals surface area contributed by atoms with Crippen molar-refractivity contribution in [2.24, 2.45) is 0 Å². The molecular weight excluding hydrogens is 188 g/mol. The van der Waals surface area contributed by atoms with E-state index in [1.807, 2.05) is 6.92 Å². The number of nitrogen functional groups attached to an aromatic ring is 1. The number of aromatic nitrogens is 2. The first-order valence-electron chi connectivity index (χ1n) is 5.44. The Kier molecular flexibility index (Phi) is 2.61. The molecule has 0 unspecified atom stereocenters. The van der Waals surface area contributed by atoms with E-state index in [1.165, 1.54) is 0 Å². The Morgan fingerprint density at radius 1 is 1.33 bits per heavy atom. The molecule has 1 aromatic rings. The normalized spacial score (nSPS) is 16.8. The van der Waals surface area contributed by atoms with Crippen LogP contribution in [0.2, 0.25) is 0 Å². The average Bonchev–Trinajstić information content (AvgIpc) is 2.16. The lowest BCUT2D eigenvalue weighted by Crippen LogP contribution is -2.37. The number of hydrogen-bond donors (Lipinski definition) is 1.